The molecule has 4 heteroatoms. The molecule has 0 saturated carbocycles. The molecule has 24 heavy (non-hydrogen) atoms. The van der Waals surface area contributed by atoms with Gasteiger partial charge in [0.25, 0.3) is 0 Å². The van der Waals surface area contributed by atoms with Crippen LogP contribution in [0, 0.1) is 5.92 Å². The second kappa shape index (κ2) is 7.49. The lowest BCUT2D eigenvalue weighted by atomic mass is 9.89. The fraction of sp³-hybridized carbons (Fsp3) is 0.350. The van der Waals surface area contributed by atoms with Gasteiger partial charge in [0, 0.05) is 19.6 Å². The molecular formula is C20H24N2O2. The number of nitrogens with zero attached hydrogens (tertiary/aromatic N) is 1. The number of piperidine rings is 1. The molecule has 1 aliphatic heterocycles. The Kier molecular flexibility index (Phi) is 5.16. The van der Waals surface area contributed by atoms with E-state index in [1.54, 1.807) is 0 Å². The highest BCUT2D eigenvalue weighted by atomic mass is 16.4. The highest BCUT2D eigenvalue weighted by molar-refractivity contribution is 5.65. The SMILES string of the molecule is NCc1cccc(-c2cccc(CC3CCN(C(=O)O)CC3)c2)c1. The van der Waals surface area contributed by atoms with Crippen LogP contribution in [0.5, 0.6) is 0 Å². The average molecular weight is 324 g/mol. The molecule has 0 aromatic heterocycles. The Morgan fingerprint density at radius 2 is 1.62 bits per heavy atom. The van der Waals surface area contributed by atoms with Gasteiger partial charge < -0.3 is 15.7 Å². The maximum atomic E-state index is 11.0. The molecule has 4 nitrogen and oxygen atoms in total. The number of hydrogen-bond acceptors (Lipinski definition) is 2. The normalized spacial score (nSPS) is 15.5. The van der Waals surface area contributed by atoms with Gasteiger partial charge in [0.15, 0.2) is 0 Å². The minimum absolute atomic E-state index is 0.551. The molecule has 2 aromatic carbocycles. The lowest BCUT2D eigenvalue weighted by Crippen LogP contribution is -2.37. The first-order chi connectivity index (χ1) is 11.7. The monoisotopic (exact) mass is 324 g/mol. The van der Waals surface area contributed by atoms with Crippen LogP contribution in [0.25, 0.3) is 11.1 Å². The van der Waals surface area contributed by atoms with Crippen LogP contribution in [0.2, 0.25) is 0 Å². The van der Waals surface area contributed by atoms with Gasteiger partial charge in [-0.3, -0.25) is 0 Å². The predicted molar refractivity (Wildman–Crippen MR) is 95.8 cm³/mol. The third-order valence-electron chi connectivity index (χ3n) is 4.83. The van der Waals surface area contributed by atoms with Gasteiger partial charge in [-0.1, -0.05) is 42.5 Å². The van der Waals surface area contributed by atoms with E-state index in [2.05, 4.69) is 36.4 Å². The lowest BCUT2D eigenvalue weighted by molar-refractivity contribution is 0.124. The second-order valence-corrected chi connectivity index (χ2v) is 6.52. The molecule has 1 saturated heterocycles. The van der Waals surface area contributed by atoms with Crippen molar-refractivity contribution in [2.45, 2.75) is 25.8 Å². The summed E-state index contributed by atoms with van der Waals surface area (Å²) in [6, 6.07) is 17.0. The second-order valence-electron chi connectivity index (χ2n) is 6.52. The van der Waals surface area contributed by atoms with E-state index in [1.165, 1.54) is 21.6 Å². The summed E-state index contributed by atoms with van der Waals surface area (Å²) in [6.07, 6.45) is 2.10. The topological polar surface area (TPSA) is 66.6 Å². The minimum atomic E-state index is -0.796. The van der Waals surface area contributed by atoms with Gasteiger partial charge in [-0.15, -0.1) is 0 Å². The standard InChI is InChI=1S/C20H24N2O2/c21-14-17-4-2-6-19(13-17)18-5-1-3-16(12-18)11-15-7-9-22(10-8-15)20(23)24/h1-6,12-13,15H,7-11,14,21H2,(H,23,24). The summed E-state index contributed by atoms with van der Waals surface area (Å²) in [5.41, 5.74) is 10.6. The van der Waals surface area contributed by atoms with Crippen LogP contribution in [-0.4, -0.2) is 29.2 Å². The zero-order valence-electron chi connectivity index (χ0n) is 13.8. The van der Waals surface area contributed by atoms with Gasteiger partial charge in [0.05, 0.1) is 0 Å². The average Bonchev–Trinajstić information content (AvgIpc) is 2.62. The Balaban J connectivity index is 1.68. The molecule has 3 N–H and O–H groups in total. The van der Waals surface area contributed by atoms with Crippen molar-refractivity contribution in [2.24, 2.45) is 11.7 Å². The van der Waals surface area contributed by atoms with Gasteiger partial charge in [0.1, 0.15) is 0 Å². The number of nitrogens with two attached hydrogens (primary N) is 1. The van der Waals surface area contributed by atoms with Gasteiger partial charge in [-0.25, -0.2) is 4.79 Å². The molecule has 0 aliphatic carbocycles. The van der Waals surface area contributed by atoms with Crippen LogP contribution >= 0.6 is 0 Å². The van der Waals surface area contributed by atoms with E-state index < -0.39 is 6.09 Å². The number of carbonyl (C=O) groups is 1. The van der Waals surface area contributed by atoms with Crippen LogP contribution in [0.15, 0.2) is 48.5 Å². The Bertz CT molecular complexity index is 706. The van der Waals surface area contributed by atoms with Crippen LogP contribution in [-0.2, 0) is 13.0 Å². The highest BCUT2D eigenvalue weighted by Gasteiger charge is 2.22. The van der Waals surface area contributed by atoms with Gasteiger partial charge in [-0.2, -0.15) is 0 Å². The Labute approximate surface area is 142 Å². The molecule has 1 heterocycles. The molecule has 0 spiro atoms. The number of likely N-dealkylation sites (tertiary alicyclic amines) is 1. The fourth-order valence-electron chi connectivity index (χ4n) is 3.42. The molecule has 1 aliphatic rings. The molecule has 1 amide bonds. The Morgan fingerprint density at radius 3 is 2.21 bits per heavy atom. The quantitative estimate of drug-likeness (QED) is 0.900. The van der Waals surface area contributed by atoms with Crippen molar-refractivity contribution < 1.29 is 9.90 Å². The van der Waals surface area contributed by atoms with Gasteiger partial charge in [-0.05, 0) is 53.5 Å². The van der Waals surface area contributed by atoms with Gasteiger partial charge >= 0.3 is 6.09 Å². The van der Waals surface area contributed by atoms with Crippen molar-refractivity contribution >= 4 is 6.09 Å². The summed E-state index contributed by atoms with van der Waals surface area (Å²) in [7, 11) is 0. The van der Waals surface area contributed by atoms with Crippen LogP contribution < -0.4 is 5.73 Å². The van der Waals surface area contributed by atoms with Crippen molar-refractivity contribution in [2.75, 3.05) is 13.1 Å². The van der Waals surface area contributed by atoms with E-state index in [4.69, 9.17) is 10.8 Å². The van der Waals surface area contributed by atoms with Crippen molar-refractivity contribution in [1.29, 1.82) is 0 Å². The fourth-order valence-corrected chi connectivity index (χ4v) is 3.42. The molecule has 0 unspecified atom stereocenters. The van der Waals surface area contributed by atoms with E-state index >= 15 is 0 Å². The summed E-state index contributed by atoms with van der Waals surface area (Å²) in [6.45, 7) is 1.85. The Morgan fingerprint density at radius 1 is 1.04 bits per heavy atom. The smallest absolute Gasteiger partial charge is 0.407 e. The van der Waals surface area contributed by atoms with E-state index in [-0.39, 0.29) is 0 Å². The van der Waals surface area contributed by atoms with E-state index in [1.807, 2.05) is 12.1 Å². The number of amides is 1. The predicted octanol–water partition coefficient (Wildman–Crippen LogP) is 3.74. The molecule has 1 fully saturated rings. The summed E-state index contributed by atoms with van der Waals surface area (Å²) in [5.74, 6) is 0.561. The third-order valence-corrected chi connectivity index (χ3v) is 4.83. The highest BCUT2D eigenvalue weighted by Crippen LogP contribution is 2.26. The number of carboxylic acid groups (broad SMARTS) is 1. The maximum Gasteiger partial charge on any atom is 0.407 e. The first-order valence-electron chi connectivity index (χ1n) is 8.52. The largest absolute Gasteiger partial charge is 0.465 e. The van der Waals surface area contributed by atoms with Crippen LogP contribution in [0.1, 0.15) is 24.0 Å². The lowest BCUT2D eigenvalue weighted by Gasteiger charge is -2.30. The zero-order valence-corrected chi connectivity index (χ0v) is 13.8. The Hall–Kier alpha value is -2.33. The molecular weight excluding hydrogens is 300 g/mol. The number of rotatable bonds is 4. The van der Waals surface area contributed by atoms with Crippen molar-refractivity contribution in [3.63, 3.8) is 0 Å². The summed E-state index contributed by atoms with van der Waals surface area (Å²) in [5, 5.41) is 9.04. The van der Waals surface area contributed by atoms with Crippen molar-refractivity contribution in [3.05, 3.63) is 59.7 Å². The van der Waals surface area contributed by atoms with Crippen molar-refractivity contribution in [1.82, 2.24) is 4.90 Å². The van der Waals surface area contributed by atoms with E-state index in [0.717, 1.165) is 24.8 Å². The molecule has 0 radical (unpaired) electrons. The van der Waals surface area contributed by atoms with Gasteiger partial charge in [0.2, 0.25) is 0 Å². The van der Waals surface area contributed by atoms with Crippen LogP contribution in [0.4, 0.5) is 4.79 Å². The summed E-state index contributed by atoms with van der Waals surface area (Å²) >= 11 is 0. The number of benzene rings is 2. The van der Waals surface area contributed by atoms with E-state index in [0.29, 0.717) is 25.6 Å². The molecule has 3 rings (SSSR count). The molecule has 2 aromatic rings. The zero-order chi connectivity index (χ0) is 16.9. The maximum absolute atomic E-state index is 11.0. The molecule has 126 valence electrons. The van der Waals surface area contributed by atoms with E-state index in [9.17, 15) is 4.79 Å². The van der Waals surface area contributed by atoms with Crippen molar-refractivity contribution in [3.8, 4) is 11.1 Å². The summed E-state index contributed by atoms with van der Waals surface area (Å²) in [4.78, 5) is 12.5. The third kappa shape index (κ3) is 3.95. The first kappa shape index (κ1) is 16.5. The minimum Gasteiger partial charge on any atom is -0.465 e. The molecule has 0 bridgehead atoms. The molecule has 0 atom stereocenters. The summed E-state index contributed by atoms with van der Waals surface area (Å²) < 4.78 is 0. The number of hydrogen-bond donors (Lipinski definition) is 2. The van der Waals surface area contributed by atoms with Crippen LogP contribution in [0.3, 0.4) is 0 Å². The first-order valence-corrected chi connectivity index (χ1v) is 8.52.